The Bertz CT molecular complexity index is 542. The van der Waals surface area contributed by atoms with Gasteiger partial charge < -0.3 is 9.08 Å². The van der Waals surface area contributed by atoms with Crippen LogP contribution in [0.15, 0.2) is 6.07 Å². The molecular weight excluding hydrogens is 268 g/mol. The van der Waals surface area contributed by atoms with E-state index in [2.05, 4.69) is 14.1 Å². The topological polar surface area (TPSA) is 79.7 Å². The van der Waals surface area contributed by atoms with Gasteiger partial charge in [-0.25, -0.2) is 4.98 Å². The lowest BCUT2D eigenvalue weighted by molar-refractivity contribution is 0.383. The SMILES string of the molecule is Cc1cc(N2CCCCC2)nc(C)c1OS(=O)(=O)O. The van der Waals surface area contributed by atoms with Crippen LogP contribution in [0.4, 0.5) is 5.82 Å². The molecule has 1 fully saturated rings. The predicted molar refractivity (Wildman–Crippen MR) is 72.0 cm³/mol. The van der Waals surface area contributed by atoms with Gasteiger partial charge >= 0.3 is 10.4 Å². The molecule has 2 rings (SSSR count). The molecule has 0 aliphatic carbocycles. The van der Waals surface area contributed by atoms with Crippen LogP contribution in [0.2, 0.25) is 0 Å². The number of pyridine rings is 1. The highest BCUT2D eigenvalue weighted by atomic mass is 32.3. The number of hydrogen-bond donors (Lipinski definition) is 1. The Morgan fingerprint density at radius 1 is 1.26 bits per heavy atom. The van der Waals surface area contributed by atoms with Crippen molar-refractivity contribution in [2.45, 2.75) is 33.1 Å². The standard InChI is InChI=1S/C12H18N2O4S/c1-9-8-11(14-6-4-3-5-7-14)13-10(2)12(9)18-19(15,16)17/h8H,3-7H2,1-2H3,(H,15,16,17). The fourth-order valence-electron chi connectivity index (χ4n) is 2.32. The van der Waals surface area contributed by atoms with Crippen molar-refractivity contribution in [2.24, 2.45) is 0 Å². The number of nitrogens with zero attached hydrogens (tertiary/aromatic N) is 2. The lowest BCUT2D eigenvalue weighted by atomic mass is 10.1. The molecule has 0 amide bonds. The van der Waals surface area contributed by atoms with Crippen LogP contribution >= 0.6 is 0 Å². The van der Waals surface area contributed by atoms with Crippen LogP contribution < -0.4 is 9.08 Å². The van der Waals surface area contributed by atoms with Crippen molar-refractivity contribution in [3.8, 4) is 5.75 Å². The number of aromatic nitrogens is 1. The summed E-state index contributed by atoms with van der Waals surface area (Å²) in [7, 11) is -4.51. The van der Waals surface area contributed by atoms with Crippen LogP contribution in [0.3, 0.4) is 0 Å². The van der Waals surface area contributed by atoms with Gasteiger partial charge in [0, 0.05) is 13.1 Å². The maximum absolute atomic E-state index is 10.8. The Labute approximate surface area is 113 Å². The van der Waals surface area contributed by atoms with E-state index in [1.807, 2.05) is 0 Å². The summed E-state index contributed by atoms with van der Waals surface area (Å²) in [5, 5.41) is 0. The van der Waals surface area contributed by atoms with Crippen molar-refractivity contribution in [2.75, 3.05) is 18.0 Å². The molecule has 1 saturated heterocycles. The largest absolute Gasteiger partial charge is 0.446 e. The zero-order valence-electron chi connectivity index (χ0n) is 11.1. The van der Waals surface area contributed by atoms with Gasteiger partial charge in [0.15, 0.2) is 5.75 Å². The van der Waals surface area contributed by atoms with Gasteiger partial charge in [0.1, 0.15) is 5.82 Å². The van der Waals surface area contributed by atoms with E-state index in [-0.39, 0.29) is 5.75 Å². The average molecular weight is 286 g/mol. The molecule has 1 aliphatic rings. The first-order chi connectivity index (χ1) is 8.87. The summed E-state index contributed by atoms with van der Waals surface area (Å²) in [5.41, 5.74) is 1.10. The molecule has 0 aromatic carbocycles. The monoisotopic (exact) mass is 286 g/mol. The van der Waals surface area contributed by atoms with E-state index >= 15 is 0 Å². The second-order valence-corrected chi connectivity index (χ2v) is 5.79. The molecule has 7 heteroatoms. The van der Waals surface area contributed by atoms with Crippen molar-refractivity contribution in [3.63, 3.8) is 0 Å². The van der Waals surface area contributed by atoms with Crippen molar-refractivity contribution in [1.29, 1.82) is 0 Å². The Balaban J connectivity index is 2.30. The molecule has 0 radical (unpaired) electrons. The zero-order valence-corrected chi connectivity index (χ0v) is 11.9. The van der Waals surface area contributed by atoms with E-state index in [4.69, 9.17) is 4.55 Å². The smallest absolute Gasteiger partial charge is 0.360 e. The van der Waals surface area contributed by atoms with E-state index in [1.54, 1.807) is 19.9 Å². The van der Waals surface area contributed by atoms with Gasteiger partial charge in [0.05, 0.1) is 5.69 Å². The van der Waals surface area contributed by atoms with Crippen molar-refractivity contribution in [1.82, 2.24) is 4.98 Å². The van der Waals surface area contributed by atoms with Gasteiger partial charge in [-0.3, -0.25) is 4.55 Å². The van der Waals surface area contributed by atoms with E-state index < -0.39 is 10.4 Å². The fraction of sp³-hybridized carbons (Fsp3) is 0.583. The molecule has 0 bridgehead atoms. The number of anilines is 1. The molecule has 6 nitrogen and oxygen atoms in total. The van der Waals surface area contributed by atoms with Crippen molar-refractivity contribution in [3.05, 3.63) is 17.3 Å². The van der Waals surface area contributed by atoms with Crippen molar-refractivity contribution < 1.29 is 17.2 Å². The minimum atomic E-state index is -4.51. The normalized spacial score (nSPS) is 16.5. The van der Waals surface area contributed by atoms with Gasteiger partial charge in [-0.05, 0) is 44.7 Å². The minimum absolute atomic E-state index is 0.100. The number of hydrogen-bond acceptors (Lipinski definition) is 5. The van der Waals surface area contributed by atoms with Gasteiger partial charge in [-0.1, -0.05) is 0 Å². The number of piperidine rings is 1. The third-order valence-corrected chi connectivity index (χ3v) is 3.56. The van der Waals surface area contributed by atoms with E-state index in [9.17, 15) is 8.42 Å². The molecule has 1 aliphatic heterocycles. The highest BCUT2D eigenvalue weighted by Gasteiger charge is 2.18. The maximum Gasteiger partial charge on any atom is 0.446 e. The first-order valence-electron chi connectivity index (χ1n) is 6.27. The summed E-state index contributed by atoms with van der Waals surface area (Å²) in [6, 6.07) is 1.79. The van der Waals surface area contributed by atoms with Crippen LogP contribution in [0, 0.1) is 13.8 Å². The first-order valence-corrected chi connectivity index (χ1v) is 7.63. The lowest BCUT2D eigenvalue weighted by Crippen LogP contribution is -2.30. The molecule has 1 aromatic rings. The highest BCUT2D eigenvalue weighted by Crippen LogP contribution is 2.28. The third-order valence-electron chi connectivity index (χ3n) is 3.18. The summed E-state index contributed by atoms with van der Waals surface area (Å²) < 4.78 is 34.9. The summed E-state index contributed by atoms with van der Waals surface area (Å²) in [6.07, 6.45) is 3.52. The first kappa shape index (κ1) is 14.1. The lowest BCUT2D eigenvalue weighted by Gasteiger charge is -2.28. The van der Waals surface area contributed by atoms with Gasteiger partial charge in [0.25, 0.3) is 0 Å². The molecule has 106 valence electrons. The Morgan fingerprint density at radius 3 is 2.42 bits per heavy atom. The molecule has 0 saturated carbocycles. The zero-order chi connectivity index (χ0) is 14.0. The Morgan fingerprint density at radius 2 is 1.89 bits per heavy atom. The van der Waals surface area contributed by atoms with Crippen LogP contribution in [-0.4, -0.2) is 31.0 Å². The summed E-state index contributed by atoms with van der Waals surface area (Å²) >= 11 is 0. The minimum Gasteiger partial charge on any atom is -0.360 e. The summed E-state index contributed by atoms with van der Waals surface area (Å²) in [4.78, 5) is 6.55. The highest BCUT2D eigenvalue weighted by molar-refractivity contribution is 7.81. The second-order valence-electron chi connectivity index (χ2n) is 4.77. The quantitative estimate of drug-likeness (QED) is 0.854. The number of aryl methyl sites for hydroxylation is 2. The van der Waals surface area contributed by atoms with Crippen molar-refractivity contribution >= 4 is 16.2 Å². The van der Waals surface area contributed by atoms with Crippen LogP contribution in [0.5, 0.6) is 5.75 Å². The molecule has 0 unspecified atom stereocenters. The molecule has 0 atom stereocenters. The Hall–Kier alpha value is -1.34. The maximum atomic E-state index is 10.8. The molecular formula is C12H18N2O4S. The third kappa shape index (κ3) is 3.57. The summed E-state index contributed by atoms with van der Waals surface area (Å²) in [6.45, 7) is 5.33. The van der Waals surface area contributed by atoms with E-state index in [1.165, 1.54) is 6.42 Å². The van der Waals surface area contributed by atoms with Gasteiger partial charge in [-0.2, -0.15) is 8.42 Å². The second kappa shape index (κ2) is 5.34. The number of rotatable bonds is 3. The predicted octanol–water partition coefficient (Wildman–Crippen LogP) is 1.87. The van der Waals surface area contributed by atoms with E-state index in [0.29, 0.717) is 11.3 Å². The molecule has 1 aromatic heterocycles. The molecule has 19 heavy (non-hydrogen) atoms. The van der Waals surface area contributed by atoms with Crippen LogP contribution in [0.25, 0.3) is 0 Å². The van der Waals surface area contributed by atoms with E-state index in [0.717, 1.165) is 31.7 Å². The van der Waals surface area contributed by atoms with Gasteiger partial charge in [0.2, 0.25) is 0 Å². The summed E-state index contributed by atoms with van der Waals surface area (Å²) in [5.74, 6) is 0.931. The fourth-order valence-corrected chi connectivity index (χ4v) is 2.78. The molecule has 1 N–H and O–H groups in total. The average Bonchev–Trinajstić information content (AvgIpc) is 2.33. The van der Waals surface area contributed by atoms with Crippen LogP contribution in [-0.2, 0) is 10.4 Å². The molecule has 0 spiro atoms. The van der Waals surface area contributed by atoms with Crippen LogP contribution in [0.1, 0.15) is 30.5 Å². The Kier molecular flexibility index (Phi) is 3.96. The molecule has 2 heterocycles. The van der Waals surface area contributed by atoms with Gasteiger partial charge in [-0.15, -0.1) is 0 Å².